The molecule has 0 radical (unpaired) electrons. The van der Waals surface area contributed by atoms with Gasteiger partial charge in [0.05, 0.1) is 11.0 Å². The number of carbonyl (C=O) groups is 2. The highest BCUT2D eigenvalue weighted by molar-refractivity contribution is 5.91. The molecule has 27 heavy (non-hydrogen) atoms. The molecule has 3 N–H and O–H groups in total. The maximum absolute atomic E-state index is 12.2. The molecule has 7 heteroatoms. The average molecular weight is 366 g/mol. The minimum Gasteiger partial charge on any atom is -0.484 e. The number of aromatic amines is 1. The molecule has 140 valence electrons. The molecule has 1 aromatic heterocycles. The van der Waals surface area contributed by atoms with Crippen molar-refractivity contribution in [2.75, 3.05) is 18.5 Å². The van der Waals surface area contributed by atoms with Gasteiger partial charge in [-0.1, -0.05) is 18.2 Å². The molecule has 0 atom stereocenters. The number of aryl methyl sites for hydroxylation is 1. The number of fused-ring (bicyclic) bond motifs is 1. The summed E-state index contributed by atoms with van der Waals surface area (Å²) in [5.41, 5.74) is 2.48. The summed E-state index contributed by atoms with van der Waals surface area (Å²) in [4.78, 5) is 31.3. The van der Waals surface area contributed by atoms with Gasteiger partial charge in [-0.05, 0) is 31.2 Å². The van der Waals surface area contributed by atoms with Crippen LogP contribution in [0.2, 0.25) is 0 Å². The lowest BCUT2D eigenvalue weighted by molar-refractivity contribution is -0.123. The number of nitrogens with one attached hydrogen (secondary N) is 3. The summed E-state index contributed by atoms with van der Waals surface area (Å²) in [5, 5.41) is 5.50. The van der Waals surface area contributed by atoms with E-state index in [0.29, 0.717) is 30.8 Å². The molecule has 0 aliphatic heterocycles. The molecule has 3 rings (SSSR count). The summed E-state index contributed by atoms with van der Waals surface area (Å²) in [7, 11) is 0. The van der Waals surface area contributed by atoms with Gasteiger partial charge >= 0.3 is 0 Å². The maximum Gasteiger partial charge on any atom is 0.257 e. The highest BCUT2D eigenvalue weighted by atomic mass is 16.5. The van der Waals surface area contributed by atoms with Gasteiger partial charge in [0.15, 0.2) is 6.61 Å². The van der Waals surface area contributed by atoms with Crippen LogP contribution in [0.5, 0.6) is 5.75 Å². The standard InChI is InChI=1S/C20H22N4O3/c1-2-21-20(26)13-27-15-7-5-6-14(12-15)22-19(25)11-10-18-23-16-8-3-4-9-17(16)24-18/h3-9,12H,2,10-11,13H2,1H3,(H,21,26)(H,22,25)(H,23,24). The molecule has 7 nitrogen and oxygen atoms in total. The quantitative estimate of drug-likeness (QED) is 0.571. The lowest BCUT2D eigenvalue weighted by Crippen LogP contribution is -2.28. The molecule has 3 aromatic rings. The number of likely N-dealkylation sites (N-methyl/N-ethyl adjacent to an activating group) is 1. The summed E-state index contributed by atoms with van der Waals surface area (Å²) in [6.45, 7) is 2.35. The van der Waals surface area contributed by atoms with Crippen LogP contribution in [0.1, 0.15) is 19.2 Å². The van der Waals surface area contributed by atoms with E-state index in [4.69, 9.17) is 4.74 Å². The van der Waals surface area contributed by atoms with Crippen molar-refractivity contribution in [3.8, 4) is 5.75 Å². The first kappa shape index (κ1) is 18.4. The Balaban J connectivity index is 1.51. The van der Waals surface area contributed by atoms with Gasteiger partial charge in [-0.25, -0.2) is 4.98 Å². The fourth-order valence-corrected chi connectivity index (χ4v) is 2.64. The van der Waals surface area contributed by atoms with Gasteiger partial charge in [-0.2, -0.15) is 0 Å². The van der Waals surface area contributed by atoms with E-state index < -0.39 is 0 Å². The van der Waals surface area contributed by atoms with E-state index in [1.54, 1.807) is 24.3 Å². The minimum atomic E-state index is -0.183. The molecule has 0 saturated heterocycles. The number of amides is 2. The van der Waals surface area contributed by atoms with E-state index in [0.717, 1.165) is 16.9 Å². The number of benzene rings is 2. The summed E-state index contributed by atoms with van der Waals surface area (Å²) in [5.74, 6) is 1.01. The van der Waals surface area contributed by atoms with Crippen LogP contribution >= 0.6 is 0 Å². The first-order valence-electron chi connectivity index (χ1n) is 8.87. The third-order valence-corrected chi connectivity index (χ3v) is 3.89. The second-order valence-corrected chi connectivity index (χ2v) is 6.02. The number of rotatable bonds is 8. The van der Waals surface area contributed by atoms with E-state index in [2.05, 4.69) is 20.6 Å². The van der Waals surface area contributed by atoms with Crippen molar-refractivity contribution in [1.29, 1.82) is 0 Å². The van der Waals surface area contributed by atoms with Crippen molar-refractivity contribution in [2.45, 2.75) is 19.8 Å². The summed E-state index contributed by atoms with van der Waals surface area (Å²) >= 11 is 0. The topological polar surface area (TPSA) is 96.1 Å². The van der Waals surface area contributed by atoms with Crippen LogP contribution in [-0.4, -0.2) is 34.9 Å². The summed E-state index contributed by atoms with van der Waals surface area (Å²) < 4.78 is 5.43. The Bertz CT molecular complexity index is 903. The van der Waals surface area contributed by atoms with E-state index in [1.165, 1.54) is 0 Å². The van der Waals surface area contributed by atoms with Crippen LogP contribution < -0.4 is 15.4 Å². The lowest BCUT2D eigenvalue weighted by atomic mass is 10.2. The second-order valence-electron chi connectivity index (χ2n) is 6.02. The molecule has 1 heterocycles. The Labute approximate surface area is 157 Å². The number of para-hydroxylation sites is 2. The van der Waals surface area contributed by atoms with Crippen molar-refractivity contribution >= 4 is 28.5 Å². The number of hydrogen-bond acceptors (Lipinski definition) is 4. The number of ether oxygens (including phenoxy) is 1. The van der Waals surface area contributed by atoms with Crippen LogP contribution in [0.4, 0.5) is 5.69 Å². The molecule has 0 fully saturated rings. The van der Waals surface area contributed by atoms with Crippen molar-refractivity contribution in [3.05, 3.63) is 54.4 Å². The zero-order valence-electron chi connectivity index (χ0n) is 15.1. The van der Waals surface area contributed by atoms with Gasteiger partial charge in [0.1, 0.15) is 11.6 Å². The molecule has 2 aromatic carbocycles. The third-order valence-electron chi connectivity index (χ3n) is 3.89. The average Bonchev–Trinajstić information content (AvgIpc) is 3.08. The molecule has 0 bridgehead atoms. The number of anilines is 1. The summed E-state index contributed by atoms with van der Waals surface area (Å²) in [6.07, 6.45) is 0.831. The van der Waals surface area contributed by atoms with E-state index in [-0.39, 0.29) is 18.4 Å². The number of aromatic nitrogens is 2. The fraction of sp³-hybridized carbons (Fsp3) is 0.250. The number of carbonyl (C=O) groups excluding carboxylic acids is 2. The number of H-pyrrole nitrogens is 1. The first-order chi connectivity index (χ1) is 13.1. The van der Waals surface area contributed by atoms with Gasteiger partial charge in [-0.15, -0.1) is 0 Å². The highest BCUT2D eigenvalue weighted by Gasteiger charge is 2.08. The molecule has 0 spiro atoms. The third kappa shape index (κ3) is 5.31. The van der Waals surface area contributed by atoms with E-state index in [9.17, 15) is 9.59 Å². The normalized spacial score (nSPS) is 10.6. The molecule has 0 unspecified atom stereocenters. The molecule has 0 saturated carbocycles. The zero-order chi connectivity index (χ0) is 19.1. The molecule has 0 aliphatic carbocycles. The Morgan fingerprint density at radius 1 is 1.11 bits per heavy atom. The fourth-order valence-electron chi connectivity index (χ4n) is 2.64. The predicted octanol–water partition coefficient (Wildman–Crippen LogP) is 2.65. The molecule has 2 amide bonds. The molecular formula is C20H22N4O3. The monoisotopic (exact) mass is 366 g/mol. The van der Waals surface area contributed by atoms with Gasteiger partial charge in [0.2, 0.25) is 5.91 Å². The zero-order valence-corrected chi connectivity index (χ0v) is 15.1. The Morgan fingerprint density at radius 2 is 1.96 bits per heavy atom. The van der Waals surface area contributed by atoms with Gasteiger partial charge in [0, 0.05) is 31.1 Å². The Morgan fingerprint density at radius 3 is 2.78 bits per heavy atom. The van der Waals surface area contributed by atoms with Crippen LogP contribution in [0.25, 0.3) is 11.0 Å². The number of imidazole rings is 1. The van der Waals surface area contributed by atoms with Crippen molar-refractivity contribution in [3.63, 3.8) is 0 Å². The summed E-state index contributed by atoms with van der Waals surface area (Å²) in [6, 6.07) is 14.7. The Hall–Kier alpha value is -3.35. The van der Waals surface area contributed by atoms with Gasteiger partial charge < -0.3 is 20.4 Å². The van der Waals surface area contributed by atoms with Crippen LogP contribution in [-0.2, 0) is 16.0 Å². The number of nitrogens with zero attached hydrogens (tertiary/aromatic N) is 1. The molecular weight excluding hydrogens is 344 g/mol. The van der Waals surface area contributed by atoms with E-state index in [1.807, 2.05) is 31.2 Å². The smallest absolute Gasteiger partial charge is 0.257 e. The van der Waals surface area contributed by atoms with Crippen LogP contribution in [0, 0.1) is 0 Å². The maximum atomic E-state index is 12.2. The highest BCUT2D eigenvalue weighted by Crippen LogP contribution is 2.18. The minimum absolute atomic E-state index is 0.0582. The van der Waals surface area contributed by atoms with Crippen LogP contribution in [0.15, 0.2) is 48.5 Å². The van der Waals surface area contributed by atoms with Crippen molar-refractivity contribution in [2.24, 2.45) is 0 Å². The van der Waals surface area contributed by atoms with Gasteiger partial charge in [-0.3, -0.25) is 9.59 Å². The largest absolute Gasteiger partial charge is 0.484 e. The van der Waals surface area contributed by atoms with E-state index >= 15 is 0 Å². The second kappa shape index (κ2) is 8.84. The van der Waals surface area contributed by atoms with Crippen LogP contribution in [0.3, 0.4) is 0 Å². The van der Waals surface area contributed by atoms with Gasteiger partial charge in [0.25, 0.3) is 5.91 Å². The predicted molar refractivity (Wildman–Crippen MR) is 104 cm³/mol. The number of hydrogen-bond donors (Lipinski definition) is 3. The SMILES string of the molecule is CCNC(=O)COc1cccc(NC(=O)CCc2nc3ccccc3[nH]2)c1. The lowest BCUT2D eigenvalue weighted by Gasteiger charge is -2.09. The van der Waals surface area contributed by atoms with Crippen molar-refractivity contribution in [1.82, 2.24) is 15.3 Å². The Kier molecular flexibility index (Phi) is 6.04. The molecule has 0 aliphatic rings. The van der Waals surface area contributed by atoms with Crippen molar-refractivity contribution < 1.29 is 14.3 Å². The first-order valence-corrected chi connectivity index (χ1v) is 8.87.